The summed E-state index contributed by atoms with van der Waals surface area (Å²) in [5.74, 6) is -2.62. The van der Waals surface area contributed by atoms with E-state index in [0.29, 0.717) is 18.7 Å². The summed E-state index contributed by atoms with van der Waals surface area (Å²) in [7, 11) is 0. The maximum absolute atomic E-state index is 12.4. The van der Waals surface area contributed by atoms with Crippen LogP contribution in [-0.2, 0) is 28.7 Å². The van der Waals surface area contributed by atoms with Gasteiger partial charge in [0.1, 0.15) is 6.04 Å². The average Bonchev–Trinajstić information content (AvgIpc) is 3.06. The summed E-state index contributed by atoms with van der Waals surface area (Å²) in [6.45, 7) is -0.503. The van der Waals surface area contributed by atoms with Gasteiger partial charge in [-0.15, -0.1) is 0 Å². The summed E-state index contributed by atoms with van der Waals surface area (Å²) in [5, 5.41) is 2.85. The molecule has 1 aromatic carbocycles. The molecule has 9 heteroatoms. The average molecular weight is 387 g/mol. The van der Waals surface area contributed by atoms with Gasteiger partial charge in [0.15, 0.2) is 18.8 Å². The maximum atomic E-state index is 12.4. The normalized spacial score (nSPS) is 19.2. The van der Waals surface area contributed by atoms with Crippen LogP contribution in [0.4, 0.5) is 5.69 Å². The van der Waals surface area contributed by atoms with Gasteiger partial charge in [-0.05, 0) is 31.4 Å². The van der Waals surface area contributed by atoms with E-state index < -0.39 is 36.2 Å². The maximum Gasteiger partial charge on any atom is 0.347 e. The van der Waals surface area contributed by atoms with Crippen LogP contribution in [0.1, 0.15) is 19.3 Å². The lowest BCUT2D eigenvalue weighted by atomic mass is 10.0. The Labute approximate surface area is 161 Å². The highest BCUT2D eigenvalue weighted by Gasteiger charge is 2.35. The number of hydrogen-bond acceptors (Lipinski definition) is 7. The number of ketones is 1. The molecule has 28 heavy (non-hydrogen) atoms. The number of carbonyl (C=O) groups excluding carboxylic acids is 4. The minimum atomic E-state index is -0.957. The molecule has 1 aromatic rings. The molecule has 2 aliphatic heterocycles. The molecule has 2 heterocycles. The zero-order chi connectivity index (χ0) is 20.1. The summed E-state index contributed by atoms with van der Waals surface area (Å²) >= 11 is 0. The van der Waals surface area contributed by atoms with E-state index in [1.54, 1.807) is 24.3 Å². The number of carbonyl (C=O) groups is 4. The van der Waals surface area contributed by atoms with Crippen LogP contribution in [0.3, 0.4) is 0 Å². The molecular formula is C19H21N3O6. The van der Waals surface area contributed by atoms with Crippen LogP contribution in [0.2, 0.25) is 0 Å². The van der Waals surface area contributed by atoms with Crippen LogP contribution in [-0.4, -0.2) is 54.3 Å². The van der Waals surface area contributed by atoms with Crippen LogP contribution >= 0.6 is 0 Å². The minimum Gasteiger partial charge on any atom is -0.470 e. The van der Waals surface area contributed by atoms with Crippen molar-refractivity contribution in [1.29, 1.82) is 0 Å². The van der Waals surface area contributed by atoms with Crippen LogP contribution in [0.5, 0.6) is 0 Å². The number of nitrogens with one attached hydrogen (secondary N) is 1. The summed E-state index contributed by atoms with van der Waals surface area (Å²) < 4.78 is 10.3. The van der Waals surface area contributed by atoms with E-state index in [1.165, 1.54) is 4.90 Å². The standard InChI is InChI=1S/C19H21N3O6/c20-17(25)13-8-4-5-9-22(13)15(24)11-28-19(26)16-14(23)10-27-18(16)21-12-6-2-1-3-7-12/h1-3,6-7,13,21H,4-5,8-11H2,(H2,20,25)/t13-/m1/s1. The minimum absolute atomic E-state index is 0.0124. The zero-order valence-electron chi connectivity index (χ0n) is 15.2. The van der Waals surface area contributed by atoms with Gasteiger partial charge in [-0.3, -0.25) is 14.4 Å². The van der Waals surface area contributed by atoms with Gasteiger partial charge >= 0.3 is 5.97 Å². The highest BCUT2D eigenvalue weighted by molar-refractivity contribution is 6.20. The van der Waals surface area contributed by atoms with Crippen LogP contribution in [0, 0.1) is 0 Å². The fraction of sp³-hybridized carbons (Fsp3) is 0.368. The molecule has 0 aliphatic carbocycles. The van der Waals surface area contributed by atoms with Crippen molar-refractivity contribution in [3.05, 3.63) is 41.8 Å². The predicted octanol–water partition coefficient (Wildman–Crippen LogP) is 0.319. The Hall–Kier alpha value is -3.36. The van der Waals surface area contributed by atoms with Gasteiger partial charge in [0.2, 0.25) is 17.6 Å². The summed E-state index contributed by atoms with van der Waals surface area (Å²) in [5.41, 5.74) is 5.70. The second-order valence-electron chi connectivity index (χ2n) is 6.48. The van der Waals surface area contributed by atoms with Gasteiger partial charge in [-0.2, -0.15) is 0 Å². The highest BCUT2D eigenvalue weighted by Crippen LogP contribution is 2.21. The number of nitrogens with two attached hydrogens (primary N) is 1. The molecule has 0 spiro atoms. The van der Waals surface area contributed by atoms with E-state index in [0.717, 1.165) is 12.8 Å². The summed E-state index contributed by atoms with van der Waals surface area (Å²) in [4.78, 5) is 49.6. The molecule has 0 saturated carbocycles. The molecule has 0 bridgehead atoms. The van der Waals surface area contributed by atoms with Crippen molar-refractivity contribution in [2.75, 3.05) is 25.1 Å². The first-order valence-electron chi connectivity index (χ1n) is 8.95. The number of Topliss-reactive ketones (excluding diaryl/α,β-unsaturated/α-hetero) is 1. The van der Waals surface area contributed by atoms with Crippen molar-refractivity contribution >= 4 is 29.3 Å². The number of ether oxygens (including phenoxy) is 2. The first-order valence-corrected chi connectivity index (χ1v) is 8.95. The number of benzene rings is 1. The third-order valence-corrected chi connectivity index (χ3v) is 4.57. The number of likely N-dealkylation sites (tertiary alicyclic amines) is 1. The molecule has 9 nitrogen and oxygen atoms in total. The number of piperidine rings is 1. The van der Waals surface area contributed by atoms with Crippen LogP contribution < -0.4 is 11.1 Å². The van der Waals surface area contributed by atoms with Gasteiger partial charge in [-0.25, -0.2) is 4.79 Å². The fourth-order valence-corrected chi connectivity index (χ4v) is 3.17. The Bertz CT molecular complexity index is 820. The van der Waals surface area contributed by atoms with Crippen molar-refractivity contribution < 1.29 is 28.7 Å². The van der Waals surface area contributed by atoms with Crippen LogP contribution in [0.25, 0.3) is 0 Å². The molecule has 0 radical (unpaired) electrons. The van der Waals surface area contributed by atoms with E-state index in [4.69, 9.17) is 15.2 Å². The number of amides is 2. The molecule has 0 aromatic heterocycles. The number of esters is 1. The Morgan fingerprint density at radius 2 is 1.96 bits per heavy atom. The second-order valence-corrected chi connectivity index (χ2v) is 6.48. The van der Waals surface area contributed by atoms with Crippen molar-refractivity contribution in [1.82, 2.24) is 4.90 Å². The molecule has 1 fully saturated rings. The van der Waals surface area contributed by atoms with Gasteiger partial charge in [0.25, 0.3) is 5.91 Å². The molecule has 1 saturated heterocycles. The monoisotopic (exact) mass is 387 g/mol. The lowest BCUT2D eigenvalue weighted by Gasteiger charge is -2.33. The largest absolute Gasteiger partial charge is 0.470 e. The lowest BCUT2D eigenvalue weighted by molar-refractivity contribution is -0.152. The van der Waals surface area contributed by atoms with Crippen molar-refractivity contribution in [3.63, 3.8) is 0 Å². The highest BCUT2D eigenvalue weighted by atomic mass is 16.5. The second kappa shape index (κ2) is 8.55. The Kier molecular flexibility index (Phi) is 5.93. The van der Waals surface area contributed by atoms with Gasteiger partial charge in [0.05, 0.1) is 0 Å². The van der Waals surface area contributed by atoms with Crippen LogP contribution in [0.15, 0.2) is 41.8 Å². The van der Waals surface area contributed by atoms with E-state index in [-0.39, 0.29) is 18.1 Å². The first-order chi connectivity index (χ1) is 13.5. The topological polar surface area (TPSA) is 128 Å². The predicted molar refractivity (Wildman–Crippen MR) is 97.6 cm³/mol. The van der Waals surface area contributed by atoms with E-state index in [9.17, 15) is 19.2 Å². The molecule has 0 unspecified atom stereocenters. The van der Waals surface area contributed by atoms with E-state index in [1.807, 2.05) is 6.07 Å². The van der Waals surface area contributed by atoms with Gasteiger partial charge in [0, 0.05) is 12.2 Å². The molecule has 2 amide bonds. The fourth-order valence-electron chi connectivity index (χ4n) is 3.17. The number of rotatable bonds is 6. The molecule has 1 atom stereocenters. The Morgan fingerprint density at radius 1 is 1.21 bits per heavy atom. The number of hydrogen-bond donors (Lipinski definition) is 2. The third-order valence-electron chi connectivity index (χ3n) is 4.57. The van der Waals surface area contributed by atoms with E-state index in [2.05, 4.69) is 5.32 Å². The molecule has 3 N–H and O–H groups in total. The Morgan fingerprint density at radius 3 is 2.68 bits per heavy atom. The number of anilines is 1. The smallest absolute Gasteiger partial charge is 0.347 e. The van der Waals surface area contributed by atoms with Crippen molar-refractivity contribution in [2.24, 2.45) is 5.73 Å². The number of nitrogens with zero attached hydrogens (tertiary/aromatic N) is 1. The molecular weight excluding hydrogens is 366 g/mol. The first kappa shape index (κ1) is 19.4. The zero-order valence-corrected chi connectivity index (χ0v) is 15.2. The van der Waals surface area contributed by atoms with E-state index >= 15 is 0 Å². The number of primary amides is 1. The lowest BCUT2D eigenvalue weighted by Crippen LogP contribution is -2.51. The molecule has 2 aliphatic rings. The van der Waals surface area contributed by atoms with Gasteiger partial charge < -0.3 is 25.4 Å². The quantitative estimate of drug-likeness (QED) is 0.531. The molecule has 148 valence electrons. The van der Waals surface area contributed by atoms with Crippen molar-refractivity contribution in [2.45, 2.75) is 25.3 Å². The summed E-state index contributed by atoms with van der Waals surface area (Å²) in [6, 6.07) is 8.17. The molecule has 3 rings (SSSR count). The third kappa shape index (κ3) is 4.30. The van der Waals surface area contributed by atoms with Gasteiger partial charge in [-0.1, -0.05) is 18.2 Å². The SMILES string of the molecule is NC(=O)[C@H]1CCCCN1C(=O)COC(=O)C1=C(Nc2ccccc2)OCC1=O. The number of para-hydroxylation sites is 1. The van der Waals surface area contributed by atoms with Crippen molar-refractivity contribution in [3.8, 4) is 0 Å². The Balaban J connectivity index is 1.65. The summed E-state index contributed by atoms with van der Waals surface area (Å²) in [6.07, 6.45) is 2.02.